The number of aliphatic imine (C=N–C) groups is 1. The number of methoxy groups -OCH3 is 1. The monoisotopic (exact) mass is 513 g/mol. The molecule has 2 bridgehead atoms. The quantitative estimate of drug-likeness (QED) is 0.294. The average Bonchev–Trinajstić information content (AvgIpc) is 3.22. The number of piperidine rings is 1. The van der Waals surface area contributed by atoms with Gasteiger partial charge in [0.2, 0.25) is 11.8 Å². The number of fused-ring (bicyclic) bond motifs is 2. The molecule has 37 heavy (non-hydrogen) atoms. The van der Waals surface area contributed by atoms with Crippen LogP contribution in [-0.4, -0.2) is 76.3 Å². The van der Waals surface area contributed by atoms with Gasteiger partial charge in [-0.15, -0.1) is 0 Å². The van der Waals surface area contributed by atoms with E-state index in [-0.39, 0.29) is 51.5 Å². The number of rotatable bonds is 7. The van der Waals surface area contributed by atoms with E-state index < -0.39 is 11.4 Å². The van der Waals surface area contributed by atoms with Crippen molar-refractivity contribution < 1.29 is 23.8 Å². The van der Waals surface area contributed by atoms with Gasteiger partial charge in [0.05, 0.1) is 18.4 Å². The third kappa shape index (κ3) is 4.83. The highest BCUT2D eigenvalue weighted by atomic mass is 19.1. The van der Waals surface area contributed by atoms with Crippen molar-refractivity contribution in [1.82, 2.24) is 20.4 Å². The SMILES string of the molecule is C=C(F)/C(=C\C(=NC)OC)c1cc(C(=O)N2CC[C@H](C(=O)NCC34CCC(O)(CC3)C4)CC23CC3)[nH]n1. The van der Waals surface area contributed by atoms with Crippen LogP contribution < -0.4 is 5.32 Å². The van der Waals surface area contributed by atoms with Gasteiger partial charge in [0.25, 0.3) is 5.91 Å². The Morgan fingerprint density at radius 2 is 2.08 bits per heavy atom. The first-order chi connectivity index (χ1) is 17.6. The number of hydrogen-bond acceptors (Lipinski definition) is 6. The average molecular weight is 514 g/mol. The van der Waals surface area contributed by atoms with Gasteiger partial charge in [-0.05, 0) is 69.3 Å². The maximum Gasteiger partial charge on any atom is 0.272 e. The fraction of sp³-hybridized carbons (Fsp3) is 0.630. The summed E-state index contributed by atoms with van der Waals surface area (Å²) in [6.07, 6.45) is 8.72. The van der Waals surface area contributed by atoms with E-state index in [1.54, 1.807) is 0 Å². The number of ether oxygens (including phenoxy) is 1. The normalized spacial score (nSPS) is 30.5. The van der Waals surface area contributed by atoms with Crippen LogP contribution in [0.3, 0.4) is 0 Å². The Balaban J connectivity index is 1.23. The van der Waals surface area contributed by atoms with Crippen LogP contribution in [0.25, 0.3) is 5.57 Å². The molecule has 0 aromatic carbocycles. The number of carbonyl (C=O) groups excluding carboxylic acids is 2. The second kappa shape index (κ2) is 9.38. The zero-order valence-electron chi connectivity index (χ0n) is 21.6. The van der Waals surface area contributed by atoms with Crippen LogP contribution in [-0.2, 0) is 9.53 Å². The van der Waals surface area contributed by atoms with Crippen LogP contribution in [0, 0.1) is 11.3 Å². The lowest BCUT2D eigenvalue weighted by Crippen LogP contribution is -2.51. The molecule has 3 aliphatic carbocycles. The summed E-state index contributed by atoms with van der Waals surface area (Å²) in [5, 5.41) is 20.6. The number of halogens is 1. The molecule has 1 atom stereocenters. The van der Waals surface area contributed by atoms with Crippen LogP contribution in [0.2, 0.25) is 0 Å². The third-order valence-electron chi connectivity index (χ3n) is 9.00. The Kier molecular flexibility index (Phi) is 6.50. The molecular weight excluding hydrogens is 477 g/mol. The predicted molar refractivity (Wildman–Crippen MR) is 136 cm³/mol. The maximum atomic E-state index is 14.2. The molecule has 3 saturated carbocycles. The molecule has 9 nitrogen and oxygen atoms in total. The minimum Gasteiger partial charge on any atom is -0.481 e. The Bertz CT molecular complexity index is 1160. The largest absolute Gasteiger partial charge is 0.481 e. The van der Waals surface area contributed by atoms with Crippen molar-refractivity contribution in [2.75, 3.05) is 27.2 Å². The molecule has 1 spiro atoms. The lowest BCUT2D eigenvalue weighted by atomic mass is 9.83. The standard InChI is InChI=1S/C27H36FN5O4/c1-17(28)19(12-22(29-2)37-3)20-13-21(32-31-20)24(35)33-11-4-18(14-26(33)7-8-26)23(34)30-16-25-5-9-27(36,15-25)10-6-25/h12-13,18,36H,1,4-11,14-16H2,2-3H3,(H,30,34)(H,31,32)/b19-12+,29-22?/t18-,25?,27?/m0/s1. The zero-order chi connectivity index (χ0) is 26.4. The molecule has 2 amide bonds. The molecule has 1 aromatic rings. The van der Waals surface area contributed by atoms with Crippen molar-refractivity contribution in [3.05, 3.63) is 35.9 Å². The number of nitrogens with one attached hydrogen (secondary N) is 2. The van der Waals surface area contributed by atoms with E-state index in [2.05, 4.69) is 27.1 Å². The Morgan fingerprint density at radius 3 is 2.65 bits per heavy atom. The predicted octanol–water partition coefficient (Wildman–Crippen LogP) is 3.15. The third-order valence-corrected chi connectivity index (χ3v) is 9.00. The van der Waals surface area contributed by atoms with Crippen molar-refractivity contribution in [2.24, 2.45) is 16.3 Å². The molecule has 1 aliphatic heterocycles. The van der Waals surface area contributed by atoms with Gasteiger partial charge in [0.15, 0.2) is 0 Å². The number of aromatic amines is 1. The first kappa shape index (κ1) is 25.6. The van der Waals surface area contributed by atoms with Crippen LogP contribution in [0.5, 0.6) is 0 Å². The highest BCUT2D eigenvalue weighted by molar-refractivity contribution is 5.99. The zero-order valence-corrected chi connectivity index (χ0v) is 21.6. The summed E-state index contributed by atoms with van der Waals surface area (Å²) in [4.78, 5) is 32.3. The molecule has 1 saturated heterocycles. The number of nitrogens with zero attached hydrogens (tertiary/aromatic N) is 3. The van der Waals surface area contributed by atoms with E-state index in [1.165, 1.54) is 26.3 Å². The van der Waals surface area contributed by atoms with E-state index in [0.29, 0.717) is 25.9 Å². The minimum absolute atomic E-state index is 0.0435. The van der Waals surface area contributed by atoms with Crippen molar-refractivity contribution >= 4 is 23.3 Å². The number of aliphatic hydroxyl groups is 1. The van der Waals surface area contributed by atoms with Gasteiger partial charge in [-0.2, -0.15) is 5.10 Å². The molecular formula is C27H36FN5O4. The van der Waals surface area contributed by atoms with E-state index in [4.69, 9.17) is 4.74 Å². The van der Waals surface area contributed by atoms with Crippen molar-refractivity contribution in [3.8, 4) is 0 Å². The lowest BCUT2D eigenvalue weighted by molar-refractivity contribution is -0.127. The molecule has 4 fully saturated rings. The molecule has 1 aromatic heterocycles. The van der Waals surface area contributed by atoms with Gasteiger partial charge in [-0.3, -0.25) is 19.7 Å². The minimum atomic E-state index is -0.714. The van der Waals surface area contributed by atoms with E-state index in [9.17, 15) is 19.1 Å². The van der Waals surface area contributed by atoms with E-state index >= 15 is 0 Å². The summed E-state index contributed by atoms with van der Waals surface area (Å²) < 4.78 is 19.2. The number of hydrogen-bond donors (Lipinski definition) is 3. The lowest BCUT2D eigenvalue weighted by Gasteiger charge is -2.39. The second-order valence-electron chi connectivity index (χ2n) is 11.4. The number of aromatic nitrogens is 2. The summed E-state index contributed by atoms with van der Waals surface area (Å²) in [6, 6.07) is 1.51. The van der Waals surface area contributed by atoms with Crippen LogP contribution in [0.1, 0.15) is 74.0 Å². The molecule has 4 aliphatic rings. The van der Waals surface area contributed by atoms with E-state index in [1.807, 2.05) is 4.90 Å². The highest BCUT2D eigenvalue weighted by Gasteiger charge is 2.56. The Morgan fingerprint density at radius 1 is 1.35 bits per heavy atom. The first-order valence-corrected chi connectivity index (χ1v) is 13.1. The van der Waals surface area contributed by atoms with Crippen LogP contribution in [0.4, 0.5) is 4.39 Å². The molecule has 2 heterocycles. The number of likely N-dealkylation sites (tertiary alicyclic amines) is 1. The number of H-pyrrole nitrogens is 1. The maximum absolute atomic E-state index is 14.2. The fourth-order valence-electron chi connectivity index (χ4n) is 6.65. The number of carbonyl (C=O) groups is 2. The smallest absolute Gasteiger partial charge is 0.272 e. The second-order valence-corrected chi connectivity index (χ2v) is 11.4. The van der Waals surface area contributed by atoms with Gasteiger partial charge < -0.3 is 20.1 Å². The number of amides is 2. The summed E-state index contributed by atoms with van der Waals surface area (Å²) in [5.74, 6) is -0.786. The fourth-order valence-corrected chi connectivity index (χ4v) is 6.65. The van der Waals surface area contributed by atoms with E-state index in [0.717, 1.165) is 44.9 Å². The van der Waals surface area contributed by atoms with Crippen molar-refractivity contribution in [1.29, 1.82) is 0 Å². The van der Waals surface area contributed by atoms with Gasteiger partial charge in [-0.1, -0.05) is 6.58 Å². The van der Waals surface area contributed by atoms with Gasteiger partial charge in [0.1, 0.15) is 11.5 Å². The van der Waals surface area contributed by atoms with Crippen molar-refractivity contribution in [3.63, 3.8) is 0 Å². The Hall–Kier alpha value is -3.01. The van der Waals surface area contributed by atoms with Crippen LogP contribution >= 0.6 is 0 Å². The highest BCUT2D eigenvalue weighted by Crippen LogP contribution is 2.56. The van der Waals surface area contributed by atoms with Gasteiger partial charge >= 0.3 is 0 Å². The molecule has 10 heteroatoms. The van der Waals surface area contributed by atoms with Gasteiger partial charge in [0, 0.05) is 43.2 Å². The molecule has 3 N–H and O–H groups in total. The van der Waals surface area contributed by atoms with Crippen LogP contribution in [0.15, 0.2) is 29.5 Å². The van der Waals surface area contributed by atoms with Crippen molar-refractivity contribution in [2.45, 2.75) is 68.9 Å². The number of allylic oxidation sites excluding steroid dienone is 2. The topological polar surface area (TPSA) is 120 Å². The summed E-state index contributed by atoms with van der Waals surface area (Å²) >= 11 is 0. The van der Waals surface area contributed by atoms with Gasteiger partial charge in [-0.25, -0.2) is 4.39 Å². The summed E-state index contributed by atoms with van der Waals surface area (Å²) in [5.41, 5.74) is -0.220. The Labute approximate surface area is 216 Å². The molecule has 5 rings (SSSR count). The molecule has 0 unspecified atom stereocenters. The summed E-state index contributed by atoms with van der Waals surface area (Å²) in [7, 11) is 2.95. The first-order valence-electron chi connectivity index (χ1n) is 13.1. The molecule has 200 valence electrons. The summed E-state index contributed by atoms with van der Waals surface area (Å²) in [6.45, 7) is 4.47. The molecule has 0 radical (unpaired) electrons.